The predicted octanol–water partition coefficient (Wildman–Crippen LogP) is 3.49. The van der Waals surface area contributed by atoms with Crippen molar-refractivity contribution in [1.29, 1.82) is 0 Å². The van der Waals surface area contributed by atoms with Crippen LogP contribution < -0.4 is 9.47 Å². The van der Waals surface area contributed by atoms with Gasteiger partial charge in [-0.25, -0.2) is 8.42 Å². The number of sulfone groups is 1. The molecule has 1 atom stereocenters. The molecule has 0 unspecified atom stereocenters. The number of hydrogen-bond acceptors (Lipinski definition) is 6. The summed E-state index contributed by atoms with van der Waals surface area (Å²) in [6.45, 7) is 0. The molecule has 29 heavy (non-hydrogen) atoms. The van der Waals surface area contributed by atoms with E-state index in [0.717, 1.165) is 19.2 Å². The first-order chi connectivity index (χ1) is 13.5. The summed E-state index contributed by atoms with van der Waals surface area (Å²) in [5, 5.41) is 10.1. The first-order valence-corrected chi connectivity index (χ1v) is 9.96. The van der Waals surface area contributed by atoms with Crippen molar-refractivity contribution in [3.8, 4) is 17.2 Å². The molecule has 0 saturated carbocycles. The summed E-state index contributed by atoms with van der Waals surface area (Å²) < 4.78 is 75.5. The molecule has 0 aliphatic rings. The van der Waals surface area contributed by atoms with Gasteiger partial charge in [0.15, 0.2) is 9.84 Å². The maximum absolute atomic E-state index is 13.7. The fourth-order valence-corrected chi connectivity index (χ4v) is 4.10. The Hall–Kier alpha value is -2.75. The van der Waals surface area contributed by atoms with Crippen molar-refractivity contribution >= 4 is 15.6 Å². The van der Waals surface area contributed by atoms with E-state index < -0.39 is 51.2 Å². The van der Waals surface area contributed by atoms with E-state index in [9.17, 15) is 31.5 Å². The molecule has 158 valence electrons. The number of halogens is 3. The molecule has 0 heterocycles. The highest BCUT2D eigenvalue weighted by Crippen LogP contribution is 2.47. The number of benzene rings is 2. The molecule has 0 bridgehead atoms. The number of phenolic OH excluding ortho intramolecular Hbond substituents is 1. The van der Waals surface area contributed by atoms with Gasteiger partial charge in [0, 0.05) is 24.1 Å². The minimum Gasteiger partial charge on any atom is -0.507 e. The molecule has 6 nitrogen and oxygen atoms in total. The summed E-state index contributed by atoms with van der Waals surface area (Å²) in [7, 11) is -1.74. The number of ketones is 1. The summed E-state index contributed by atoms with van der Waals surface area (Å²) in [4.78, 5) is 12.1. The Balaban J connectivity index is 2.37. The van der Waals surface area contributed by atoms with Gasteiger partial charge in [-0.15, -0.1) is 0 Å². The van der Waals surface area contributed by atoms with Crippen LogP contribution in [0.15, 0.2) is 47.4 Å². The Labute approximate surface area is 165 Å². The van der Waals surface area contributed by atoms with E-state index in [2.05, 4.69) is 0 Å². The van der Waals surface area contributed by atoms with Gasteiger partial charge < -0.3 is 14.6 Å². The predicted molar refractivity (Wildman–Crippen MR) is 98.1 cm³/mol. The zero-order valence-electron chi connectivity index (χ0n) is 15.6. The van der Waals surface area contributed by atoms with E-state index in [1.54, 1.807) is 6.07 Å². The number of Topliss-reactive ketones (excluding diaryl/α,β-unsaturated/α-hetero) is 1. The Kier molecular flexibility index (Phi) is 6.78. The first kappa shape index (κ1) is 22.5. The summed E-state index contributed by atoms with van der Waals surface area (Å²) >= 11 is 0. The molecular weight excluding hydrogens is 413 g/mol. The number of carbonyl (C=O) groups excluding carboxylic acids is 1. The monoisotopic (exact) mass is 432 g/mol. The highest BCUT2D eigenvalue weighted by atomic mass is 32.2. The van der Waals surface area contributed by atoms with Crippen LogP contribution >= 0.6 is 0 Å². The number of aromatic hydroxyl groups is 1. The van der Waals surface area contributed by atoms with Crippen LogP contribution in [0.1, 0.15) is 17.9 Å². The normalized spacial score (nSPS) is 13.0. The number of rotatable bonds is 8. The Morgan fingerprint density at radius 3 is 2.24 bits per heavy atom. The van der Waals surface area contributed by atoms with Gasteiger partial charge in [-0.1, -0.05) is 18.2 Å². The molecule has 0 spiro atoms. The van der Waals surface area contributed by atoms with Gasteiger partial charge in [0.2, 0.25) is 0 Å². The fraction of sp³-hybridized carbons (Fsp3) is 0.316. The minimum atomic E-state index is -4.94. The molecule has 2 aromatic rings. The van der Waals surface area contributed by atoms with E-state index in [-0.39, 0.29) is 16.4 Å². The average Bonchev–Trinajstić information content (AvgIpc) is 2.65. The number of phenols is 1. The molecular formula is C19H19F3O6S. The summed E-state index contributed by atoms with van der Waals surface area (Å²) in [6.07, 6.45) is -6.11. The van der Waals surface area contributed by atoms with Crippen molar-refractivity contribution in [3.05, 3.63) is 48.0 Å². The lowest BCUT2D eigenvalue weighted by Crippen LogP contribution is -2.27. The van der Waals surface area contributed by atoms with Gasteiger partial charge in [-0.05, 0) is 12.1 Å². The van der Waals surface area contributed by atoms with E-state index in [4.69, 9.17) is 9.47 Å². The van der Waals surface area contributed by atoms with Crippen LogP contribution in [-0.2, 0) is 14.6 Å². The molecule has 0 fully saturated rings. The van der Waals surface area contributed by atoms with Crippen molar-refractivity contribution in [2.75, 3.05) is 20.0 Å². The third-order valence-electron chi connectivity index (χ3n) is 4.18. The fourth-order valence-electron chi connectivity index (χ4n) is 2.82. The van der Waals surface area contributed by atoms with Crippen LogP contribution in [-0.4, -0.2) is 45.5 Å². The molecule has 0 aliphatic carbocycles. The average molecular weight is 432 g/mol. The smallest absolute Gasteiger partial charge is 0.396 e. The van der Waals surface area contributed by atoms with Gasteiger partial charge in [0.25, 0.3) is 0 Å². The topological polar surface area (TPSA) is 89.9 Å². The Morgan fingerprint density at radius 2 is 1.72 bits per heavy atom. The zero-order valence-corrected chi connectivity index (χ0v) is 16.4. The minimum absolute atomic E-state index is 0.0574. The highest BCUT2D eigenvalue weighted by Gasteiger charge is 2.45. The van der Waals surface area contributed by atoms with Gasteiger partial charge in [-0.2, -0.15) is 13.2 Å². The van der Waals surface area contributed by atoms with Gasteiger partial charge >= 0.3 is 6.18 Å². The molecule has 1 N–H and O–H groups in total. The lowest BCUT2D eigenvalue weighted by atomic mass is 9.91. The number of hydrogen-bond donors (Lipinski definition) is 1. The third-order valence-corrected chi connectivity index (χ3v) is 5.87. The van der Waals surface area contributed by atoms with Gasteiger partial charge in [-0.3, -0.25) is 4.79 Å². The summed E-state index contributed by atoms with van der Waals surface area (Å²) in [5.41, 5.74) is -0.661. The third kappa shape index (κ3) is 5.41. The second-order valence-electron chi connectivity index (χ2n) is 6.17. The molecule has 2 rings (SSSR count). The summed E-state index contributed by atoms with van der Waals surface area (Å²) in [5.74, 6) is -5.74. The van der Waals surface area contributed by atoms with Crippen LogP contribution in [0.2, 0.25) is 0 Å². The quantitative estimate of drug-likeness (QED) is 0.687. The molecule has 0 aromatic heterocycles. The summed E-state index contributed by atoms with van der Waals surface area (Å²) in [6, 6.07) is 9.05. The van der Waals surface area contributed by atoms with Crippen LogP contribution in [0.3, 0.4) is 0 Å². The van der Waals surface area contributed by atoms with Gasteiger partial charge in [0.1, 0.15) is 28.8 Å². The van der Waals surface area contributed by atoms with Crippen molar-refractivity contribution < 1.29 is 41.0 Å². The molecule has 2 aromatic carbocycles. The number of ether oxygens (including phenoxy) is 2. The van der Waals surface area contributed by atoms with Gasteiger partial charge in [0.05, 0.1) is 25.0 Å². The maximum Gasteiger partial charge on any atom is 0.396 e. The standard InChI is InChI=1S/C19H19F3O6S/c1-27-13-9-16(24)18(17(10-13)28-2)15(19(20,21)22)8-12(23)11-29(25,26)14-6-4-3-5-7-14/h3-7,9-10,15,24H,8,11H2,1-2H3/t15-/m0/s1. The van der Waals surface area contributed by atoms with Crippen LogP contribution in [0.4, 0.5) is 13.2 Å². The number of carbonyl (C=O) groups is 1. The lowest BCUT2D eigenvalue weighted by Gasteiger charge is -2.23. The van der Waals surface area contributed by atoms with E-state index in [1.807, 2.05) is 0 Å². The molecule has 0 aliphatic heterocycles. The first-order valence-electron chi connectivity index (χ1n) is 8.30. The van der Waals surface area contributed by atoms with Crippen LogP contribution in [0, 0.1) is 0 Å². The number of methoxy groups -OCH3 is 2. The molecule has 0 saturated heterocycles. The largest absolute Gasteiger partial charge is 0.507 e. The molecule has 0 amide bonds. The van der Waals surface area contributed by atoms with Crippen molar-refractivity contribution in [1.82, 2.24) is 0 Å². The second-order valence-corrected chi connectivity index (χ2v) is 8.16. The lowest BCUT2D eigenvalue weighted by molar-refractivity contribution is -0.156. The van der Waals surface area contributed by atoms with Crippen molar-refractivity contribution in [2.45, 2.75) is 23.4 Å². The van der Waals surface area contributed by atoms with E-state index in [1.165, 1.54) is 31.4 Å². The zero-order chi connectivity index (χ0) is 21.8. The van der Waals surface area contributed by atoms with Crippen LogP contribution in [0.25, 0.3) is 0 Å². The maximum atomic E-state index is 13.7. The highest BCUT2D eigenvalue weighted by molar-refractivity contribution is 7.92. The molecule has 0 radical (unpaired) electrons. The Morgan fingerprint density at radius 1 is 1.10 bits per heavy atom. The van der Waals surface area contributed by atoms with Crippen molar-refractivity contribution in [3.63, 3.8) is 0 Å². The SMILES string of the molecule is COc1cc(O)c([C@H](CC(=O)CS(=O)(=O)c2ccccc2)C(F)(F)F)c(OC)c1. The second kappa shape index (κ2) is 8.73. The van der Waals surface area contributed by atoms with E-state index in [0.29, 0.717) is 0 Å². The van der Waals surface area contributed by atoms with E-state index >= 15 is 0 Å². The van der Waals surface area contributed by atoms with Crippen molar-refractivity contribution in [2.24, 2.45) is 0 Å². The Bertz CT molecular complexity index is 971. The van der Waals surface area contributed by atoms with Crippen LogP contribution in [0.5, 0.6) is 17.2 Å². The number of alkyl halides is 3. The molecule has 10 heteroatoms.